The summed E-state index contributed by atoms with van der Waals surface area (Å²) in [6.45, 7) is 1.86. The van der Waals surface area contributed by atoms with Crippen molar-refractivity contribution in [2.45, 2.75) is 6.92 Å². The van der Waals surface area contributed by atoms with Crippen LogP contribution in [0.15, 0.2) is 53.5 Å². The summed E-state index contributed by atoms with van der Waals surface area (Å²) in [7, 11) is 0. The first-order valence-corrected chi connectivity index (χ1v) is 7.46. The zero-order valence-corrected chi connectivity index (χ0v) is 13.4. The monoisotopic (exact) mass is 330 g/mol. The van der Waals surface area contributed by atoms with Gasteiger partial charge in [0.1, 0.15) is 0 Å². The summed E-state index contributed by atoms with van der Waals surface area (Å²) in [5.41, 5.74) is 8.14. The number of aromatic nitrogens is 2. The number of hydrogen-bond donors (Lipinski definition) is 2. The molecule has 0 bridgehead atoms. The molecule has 0 aliphatic heterocycles. The number of carbonyl (C=O) groups excluding carboxylic acids is 1. The van der Waals surface area contributed by atoms with Crippen molar-refractivity contribution < 1.29 is 4.79 Å². The molecule has 0 atom stereocenters. The molecule has 0 aliphatic rings. The Hall–Kier alpha value is -3.79. The van der Waals surface area contributed by atoms with Crippen molar-refractivity contribution in [1.29, 1.82) is 5.26 Å². The average molecular weight is 330 g/mol. The Labute approximate surface area is 143 Å². The van der Waals surface area contributed by atoms with Gasteiger partial charge in [-0.3, -0.25) is 10.1 Å². The first-order valence-electron chi connectivity index (χ1n) is 7.46. The quantitative estimate of drug-likeness (QED) is 0.551. The SMILES string of the molecule is Cc1nc(/N=C(\N)NC(=O)c2ccc(C#N)cc2)nc2ccccc12. The number of carbonyl (C=O) groups is 1. The van der Waals surface area contributed by atoms with Crippen LogP contribution in [0.5, 0.6) is 0 Å². The first kappa shape index (κ1) is 16.1. The van der Waals surface area contributed by atoms with E-state index in [1.165, 1.54) is 12.1 Å². The molecule has 1 heterocycles. The van der Waals surface area contributed by atoms with Gasteiger partial charge < -0.3 is 5.73 Å². The molecule has 3 aromatic rings. The minimum atomic E-state index is -0.428. The summed E-state index contributed by atoms with van der Waals surface area (Å²) < 4.78 is 0. The summed E-state index contributed by atoms with van der Waals surface area (Å²) in [4.78, 5) is 24.8. The van der Waals surface area contributed by atoms with E-state index >= 15 is 0 Å². The fourth-order valence-corrected chi connectivity index (χ4v) is 2.29. The van der Waals surface area contributed by atoms with Crippen LogP contribution in [0.1, 0.15) is 21.6 Å². The second-order valence-electron chi connectivity index (χ2n) is 5.27. The molecule has 122 valence electrons. The topological polar surface area (TPSA) is 117 Å². The van der Waals surface area contributed by atoms with E-state index in [-0.39, 0.29) is 11.9 Å². The number of para-hydroxylation sites is 1. The number of fused-ring (bicyclic) bond motifs is 1. The highest BCUT2D eigenvalue weighted by atomic mass is 16.1. The van der Waals surface area contributed by atoms with E-state index in [0.29, 0.717) is 11.1 Å². The number of amides is 1. The molecule has 0 saturated carbocycles. The summed E-state index contributed by atoms with van der Waals surface area (Å²) in [6.07, 6.45) is 0. The Bertz CT molecular complexity index is 1020. The Morgan fingerprint density at radius 2 is 1.88 bits per heavy atom. The van der Waals surface area contributed by atoms with E-state index in [1.54, 1.807) is 12.1 Å². The molecule has 0 spiro atoms. The Kier molecular flexibility index (Phi) is 4.35. The number of nitrogens with two attached hydrogens (primary N) is 1. The van der Waals surface area contributed by atoms with Crippen LogP contribution in [0, 0.1) is 18.3 Å². The minimum absolute atomic E-state index is 0.107. The number of aliphatic imine (C=N–C) groups is 1. The fraction of sp³-hybridized carbons (Fsp3) is 0.0556. The molecule has 0 saturated heterocycles. The smallest absolute Gasteiger partial charge is 0.257 e. The Morgan fingerprint density at radius 3 is 2.60 bits per heavy atom. The van der Waals surface area contributed by atoms with E-state index < -0.39 is 5.91 Å². The Morgan fingerprint density at radius 1 is 1.16 bits per heavy atom. The zero-order valence-electron chi connectivity index (χ0n) is 13.4. The minimum Gasteiger partial charge on any atom is -0.369 e. The summed E-state index contributed by atoms with van der Waals surface area (Å²) in [5.74, 6) is -0.360. The highest BCUT2D eigenvalue weighted by Gasteiger charge is 2.08. The van der Waals surface area contributed by atoms with Gasteiger partial charge in [-0.05, 0) is 37.3 Å². The fourth-order valence-electron chi connectivity index (χ4n) is 2.29. The van der Waals surface area contributed by atoms with Crippen molar-refractivity contribution in [3.05, 3.63) is 65.4 Å². The molecule has 0 radical (unpaired) electrons. The summed E-state index contributed by atoms with van der Waals surface area (Å²) in [6, 6.07) is 15.7. The molecule has 2 aromatic carbocycles. The number of nitriles is 1. The highest BCUT2D eigenvalue weighted by Crippen LogP contribution is 2.17. The van der Waals surface area contributed by atoms with E-state index in [0.717, 1.165) is 16.6 Å². The maximum atomic E-state index is 12.1. The lowest BCUT2D eigenvalue weighted by molar-refractivity contribution is 0.0976. The number of benzene rings is 2. The molecule has 3 rings (SSSR count). The molecule has 0 fully saturated rings. The predicted octanol–water partition coefficient (Wildman–Crippen LogP) is 2.19. The third-order valence-corrected chi connectivity index (χ3v) is 3.52. The van der Waals surface area contributed by atoms with Crippen molar-refractivity contribution in [3.8, 4) is 6.07 Å². The number of hydrogen-bond acceptors (Lipinski definition) is 5. The van der Waals surface area contributed by atoms with Crippen LogP contribution in [-0.4, -0.2) is 21.8 Å². The van der Waals surface area contributed by atoms with Crippen LogP contribution in [0.3, 0.4) is 0 Å². The van der Waals surface area contributed by atoms with E-state index in [1.807, 2.05) is 37.3 Å². The predicted molar refractivity (Wildman–Crippen MR) is 94.2 cm³/mol. The van der Waals surface area contributed by atoms with Gasteiger partial charge in [0.2, 0.25) is 5.96 Å². The van der Waals surface area contributed by atoms with Crippen LogP contribution < -0.4 is 11.1 Å². The molecular formula is C18H14N6O. The second kappa shape index (κ2) is 6.76. The van der Waals surface area contributed by atoms with Gasteiger partial charge in [0.05, 0.1) is 22.8 Å². The van der Waals surface area contributed by atoms with Crippen LogP contribution in [0.25, 0.3) is 10.9 Å². The van der Waals surface area contributed by atoms with Gasteiger partial charge in [-0.1, -0.05) is 18.2 Å². The molecule has 3 N–H and O–H groups in total. The van der Waals surface area contributed by atoms with Crippen molar-refractivity contribution in [1.82, 2.24) is 15.3 Å². The van der Waals surface area contributed by atoms with Crippen LogP contribution in [0.4, 0.5) is 5.95 Å². The van der Waals surface area contributed by atoms with Crippen molar-refractivity contribution in [2.24, 2.45) is 10.7 Å². The molecular weight excluding hydrogens is 316 g/mol. The number of nitrogens with one attached hydrogen (secondary N) is 1. The van der Waals surface area contributed by atoms with Gasteiger partial charge in [0, 0.05) is 10.9 Å². The molecule has 7 heteroatoms. The van der Waals surface area contributed by atoms with Crippen LogP contribution in [0.2, 0.25) is 0 Å². The standard InChI is InChI=1S/C18H14N6O/c1-11-14-4-2-3-5-15(14)22-18(21-11)24-17(20)23-16(25)13-8-6-12(10-19)7-9-13/h2-9H,1H3,(H3,20,21,22,23,24,25). The summed E-state index contributed by atoms with van der Waals surface area (Å²) >= 11 is 0. The number of rotatable bonds is 2. The number of nitrogens with zero attached hydrogens (tertiary/aromatic N) is 4. The van der Waals surface area contributed by atoms with Gasteiger partial charge in [0.25, 0.3) is 11.9 Å². The van der Waals surface area contributed by atoms with E-state index in [9.17, 15) is 4.79 Å². The van der Waals surface area contributed by atoms with Crippen molar-refractivity contribution >= 4 is 28.7 Å². The molecule has 0 aliphatic carbocycles. The van der Waals surface area contributed by atoms with Gasteiger partial charge >= 0.3 is 0 Å². The first-order chi connectivity index (χ1) is 12.1. The molecule has 1 aromatic heterocycles. The second-order valence-corrected chi connectivity index (χ2v) is 5.27. The number of guanidine groups is 1. The lowest BCUT2D eigenvalue weighted by Gasteiger charge is -2.05. The highest BCUT2D eigenvalue weighted by molar-refractivity contribution is 6.05. The number of aryl methyl sites for hydroxylation is 1. The van der Waals surface area contributed by atoms with Crippen molar-refractivity contribution in [3.63, 3.8) is 0 Å². The molecule has 25 heavy (non-hydrogen) atoms. The molecule has 1 amide bonds. The largest absolute Gasteiger partial charge is 0.369 e. The van der Waals surface area contributed by atoms with E-state index in [2.05, 4.69) is 20.3 Å². The molecule has 7 nitrogen and oxygen atoms in total. The maximum absolute atomic E-state index is 12.1. The van der Waals surface area contributed by atoms with Crippen molar-refractivity contribution in [2.75, 3.05) is 0 Å². The summed E-state index contributed by atoms with van der Waals surface area (Å²) in [5, 5.41) is 12.2. The van der Waals surface area contributed by atoms with Crippen LogP contribution >= 0.6 is 0 Å². The molecule has 0 unspecified atom stereocenters. The third kappa shape index (κ3) is 3.59. The zero-order chi connectivity index (χ0) is 17.8. The Balaban J connectivity index is 1.81. The van der Waals surface area contributed by atoms with E-state index in [4.69, 9.17) is 11.0 Å². The lowest BCUT2D eigenvalue weighted by atomic mass is 10.1. The maximum Gasteiger partial charge on any atom is 0.257 e. The normalized spacial score (nSPS) is 11.1. The van der Waals surface area contributed by atoms with Gasteiger partial charge in [-0.25, -0.2) is 9.97 Å². The van der Waals surface area contributed by atoms with Gasteiger partial charge in [0.15, 0.2) is 0 Å². The third-order valence-electron chi connectivity index (χ3n) is 3.52. The average Bonchev–Trinajstić information content (AvgIpc) is 2.61. The van der Waals surface area contributed by atoms with Gasteiger partial charge in [-0.15, -0.1) is 0 Å². The van der Waals surface area contributed by atoms with Crippen LogP contribution in [-0.2, 0) is 0 Å². The van der Waals surface area contributed by atoms with Gasteiger partial charge in [-0.2, -0.15) is 10.3 Å². The lowest BCUT2D eigenvalue weighted by Crippen LogP contribution is -2.36.